The van der Waals surface area contributed by atoms with Crippen molar-refractivity contribution >= 4 is 40.6 Å². The number of methoxy groups -OCH3 is 1. The normalized spacial score (nSPS) is 15.4. The van der Waals surface area contributed by atoms with Gasteiger partial charge in [0.25, 0.3) is 16.8 Å². The standard InChI is InChI=1S/C21H20N2O8S/c1-21(2,3)31-18(24)11-22-19(25)17(32-20(22)26)10-13-6-8-16(30-13)14-9-12(23(27)28)5-7-15(14)29-4/h5-10H,11H2,1-4H3. The summed E-state index contributed by atoms with van der Waals surface area (Å²) in [6, 6.07) is 7.20. The minimum absolute atomic E-state index is 0.0745. The van der Waals surface area contributed by atoms with Gasteiger partial charge in [0.05, 0.1) is 22.5 Å². The van der Waals surface area contributed by atoms with E-state index in [-0.39, 0.29) is 22.1 Å². The third-order valence-corrected chi connectivity index (χ3v) is 5.05. The van der Waals surface area contributed by atoms with Crippen LogP contribution in [-0.4, -0.2) is 46.2 Å². The Kier molecular flexibility index (Phi) is 6.40. The molecular weight excluding hydrogens is 440 g/mol. The van der Waals surface area contributed by atoms with Crippen molar-refractivity contribution in [3.05, 3.63) is 51.1 Å². The molecule has 0 saturated carbocycles. The predicted octanol–water partition coefficient (Wildman–Crippen LogP) is 4.24. The molecule has 32 heavy (non-hydrogen) atoms. The van der Waals surface area contributed by atoms with Crippen molar-refractivity contribution in [3.63, 3.8) is 0 Å². The zero-order valence-corrected chi connectivity index (χ0v) is 18.6. The second-order valence-corrected chi connectivity index (χ2v) is 8.69. The molecule has 10 nitrogen and oxygen atoms in total. The van der Waals surface area contributed by atoms with Crippen molar-refractivity contribution in [2.45, 2.75) is 26.4 Å². The van der Waals surface area contributed by atoms with Gasteiger partial charge >= 0.3 is 5.97 Å². The molecule has 11 heteroatoms. The minimum atomic E-state index is -0.743. The number of nitro benzene ring substituents is 1. The predicted molar refractivity (Wildman–Crippen MR) is 116 cm³/mol. The number of amides is 2. The van der Waals surface area contributed by atoms with Crippen LogP contribution in [0.15, 0.2) is 39.7 Å². The van der Waals surface area contributed by atoms with Crippen molar-refractivity contribution in [1.82, 2.24) is 4.90 Å². The number of benzene rings is 1. The molecule has 1 aliphatic rings. The highest BCUT2D eigenvalue weighted by molar-refractivity contribution is 8.18. The monoisotopic (exact) mass is 460 g/mol. The first kappa shape index (κ1) is 23.1. The number of carbonyl (C=O) groups excluding carboxylic acids is 3. The van der Waals surface area contributed by atoms with Crippen LogP contribution in [0.25, 0.3) is 17.4 Å². The Hall–Kier alpha value is -3.60. The van der Waals surface area contributed by atoms with E-state index < -0.39 is 34.2 Å². The van der Waals surface area contributed by atoms with Gasteiger partial charge in [-0.15, -0.1) is 0 Å². The molecule has 0 bridgehead atoms. The Morgan fingerprint density at radius 1 is 1.25 bits per heavy atom. The Morgan fingerprint density at radius 2 is 1.97 bits per heavy atom. The molecule has 1 fully saturated rings. The second-order valence-electron chi connectivity index (χ2n) is 7.70. The lowest BCUT2D eigenvalue weighted by molar-refractivity contribution is -0.384. The maximum atomic E-state index is 12.6. The highest BCUT2D eigenvalue weighted by Crippen LogP contribution is 2.36. The summed E-state index contributed by atoms with van der Waals surface area (Å²) in [5, 5.41) is 10.5. The first-order valence-corrected chi connectivity index (χ1v) is 10.2. The van der Waals surface area contributed by atoms with E-state index in [1.165, 1.54) is 31.4 Å². The number of ether oxygens (including phenoxy) is 2. The second kappa shape index (κ2) is 8.87. The largest absolute Gasteiger partial charge is 0.496 e. The zero-order chi connectivity index (χ0) is 23.6. The summed E-state index contributed by atoms with van der Waals surface area (Å²) in [6.45, 7) is 4.56. The number of hydrogen-bond donors (Lipinski definition) is 0. The summed E-state index contributed by atoms with van der Waals surface area (Å²) in [5.41, 5.74) is -0.520. The maximum absolute atomic E-state index is 12.6. The van der Waals surface area contributed by atoms with E-state index in [9.17, 15) is 24.5 Å². The van der Waals surface area contributed by atoms with E-state index in [0.717, 1.165) is 4.90 Å². The quantitative estimate of drug-likeness (QED) is 0.269. The highest BCUT2D eigenvalue weighted by atomic mass is 32.2. The van der Waals surface area contributed by atoms with Crippen LogP contribution in [0, 0.1) is 10.1 Å². The molecule has 168 valence electrons. The van der Waals surface area contributed by atoms with Crippen LogP contribution in [0.4, 0.5) is 10.5 Å². The SMILES string of the molecule is COc1ccc([N+](=O)[O-])cc1-c1ccc(C=C2SC(=O)N(CC(=O)OC(C)(C)C)C2=O)o1. The van der Waals surface area contributed by atoms with Gasteiger partial charge in [0.15, 0.2) is 0 Å². The lowest BCUT2D eigenvalue weighted by atomic mass is 10.1. The topological polar surface area (TPSA) is 129 Å². The molecule has 3 rings (SSSR count). The number of esters is 1. The van der Waals surface area contributed by atoms with Crippen LogP contribution in [0.5, 0.6) is 5.75 Å². The molecule has 1 saturated heterocycles. The van der Waals surface area contributed by atoms with Gasteiger partial charge in [-0.3, -0.25) is 29.4 Å². The van der Waals surface area contributed by atoms with Crippen molar-refractivity contribution < 1.29 is 33.2 Å². The number of rotatable bonds is 6. The average Bonchev–Trinajstić information content (AvgIpc) is 3.26. The van der Waals surface area contributed by atoms with Crippen LogP contribution < -0.4 is 4.74 Å². The summed E-state index contributed by atoms with van der Waals surface area (Å²) in [6.07, 6.45) is 1.37. The third-order valence-electron chi connectivity index (χ3n) is 4.14. The van der Waals surface area contributed by atoms with Crippen LogP contribution in [0.1, 0.15) is 26.5 Å². The van der Waals surface area contributed by atoms with Crippen molar-refractivity contribution in [3.8, 4) is 17.1 Å². The van der Waals surface area contributed by atoms with Gasteiger partial charge in [-0.1, -0.05) is 0 Å². The van der Waals surface area contributed by atoms with E-state index >= 15 is 0 Å². The first-order valence-electron chi connectivity index (χ1n) is 9.38. The fourth-order valence-electron chi connectivity index (χ4n) is 2.85. The summed E-state index contributed by atoms with van der Waals surface area (Å²) in [5.74, 6) is -0.439. The average molecular weight is 460 g/mol. The Bertz CT molecular complexity index is 1130. The van der Waals surface area contributed by atoms with Gasteiger partial charge in [-0.05, 0) is 50.7 Å². The molecular formula is C21H20N2O8S. The number of non-ortho nitro benzene ring substituents is 1. The fourth-order valence-corrected chi connectivity index (χ4v) is 3.66. The summed E-state index contributed by atoms with van der Waals surface area (Å²) < 4.78 is 16.1. The fraction of sp³-hybridized carbons (Fsp3) is 0.286. The Morgan fingerprint density at radius 3 is 2.59 bits per heavy atom. The van der Waals surface area contributed by atoms with E-state index in [0.29, 0.717) is 23.1 Å². The van der Waals surface area contributed by atoms with Gasteiger partial charge in [-0.25, -0.2) is 0 Å². The number of imide groups is 1. The van der Waals surface area contributed by atoms with Gasteiger partial charge in [0.2, 0.25) is 0 Å². The van der Waals surface area contributed by atoms with Gasteiger partial charge in [0, 0.05) is 18.2 Å². The summed E-state index contributed by atoms with van der Waals surface area (Å²) in [7, 11) is 1.43. The molecule has 0 atom stereocenters. The Labute approximate surface area is 187 Å². The summed E-state index contributed by atoms with van der Waals surface area (Å²) >= 11 is 0.672. The minimum Gasteiger partial charge on any atom is -0.496 e. The van der Waals surface area contributed by atoms with Crippen LogP contribution in [-0.2, 0) is 14.3 Å². The number of hydrogen-bond acceptors (Lipinski definition) is 9. The highest BCUT2D eigenvalue weighted by Gasteiger charge is 2.37. The van der Waals surface area contributed by atoms with Gasteiger partial charge in [-0.2, -0.15) is 0 Å². The van der Waals surface area contributed by atoms with Gasteiger partial charge < -0.3 is 13.9 Å². The van der Waals surface area contributed by atoms with Crippen molar-refractivity contribution in [2.75, 3.05) is 13.7 Å². The van der Waals surface area contributed by atoms with Crippen LogP contribution >= 0.6 is 11.8 Å². The molecule has 0 N–H and O–H groups in total. The molecule has 0 radical (unpaired) electrons. The van der Waals surface area contributed by atoms with E-state index in [4.69, 9.17) is 13.9 Å². The van der Waals surface area contributed by atoms with E-state index in [1.807, 2.05) is 0 Å². The summed E-state index contributed by atoms with van der Waals surface area (Å²) in [4.78, 5) is 48.2. The molecule has 2 amide bonds. The molecule has 2 aromatic rings. The van der Waals surface area contributed by atoms with E-state index in [2.05, 4.69) is 0 Å². The van der Waals surface area contributed by atoms with E-state index in [1.54, 1.807) is 32.9 Å². The van der Waals surface area contributed by atoms with Crippen molar-refractivity contribution in [1.29, 1.82) is 0 Å². The smallest absolute Gasteiger partial charge is 0.326 e. The van der Waals surface area contributed by atoms with Crippen molar-refractivity contribution in [2.24, 2.45) is 0 Å². The number of carbonyl (C=O) groups is 3. The molecule has 0 aliphatic carbocycles. The number of nitrogens with zero attached hydrogens (tertiary/aromatic N) is 2. The molecule has 0 spiro atoms. The third kappa shape index (κ3) is 5.17. The van der Waals surface area contributed by atoms with Gasteiger partial charge in [0.1, 0.15) is 29.4 Å². The molecule has 1 aromatic carbocycles. The Balaban J connectivity index is 1.82. The lowest BCUT2D eigenvalue weighted by Gasteiger charge is -2.21. The van der Waals surface area contributed by atoms with Crippen LogP contribution in [0.2, 0.25) is 0 Å². The number of thioether (sulfide) groups is 1. The number of nitro groups is 1. The molecule has 2 heterocycles. The lowest BCUT2D eigenvalue weighted by Crippen LogP contribution is -2.37. The number of furan rings is 1. The maximum Gasteiger partial charge on any atom is 0.326 e. The molecule has 1 aliphatic heterocycles. The molecule has 0 unspecified atom stereocenters. The van der Waals surface area contributed by atoms with Crippen LogP contribution in [0.3, 0.4) is 0 Å². The first-order chi connectivity index (χ1) is 15.0. The zero-order valence-electron chi connectivity index (χ0n) is 17.7. The molecule has 1 aromatic heterocycles.